The Morgan fingerprint density at radius 3 is 1.68 bits per heavy atom. The van der Waals surface area contributed by atoms with Crippen molar-refractivity contribution < 1.29 is 12.3 Å². The standard InChI is InChI=1S/C21H18N2.4ClH.Ti/c1-3-9-18(10-4-1)15-22-17-20-13-7-8-14-21(20)23-16-19-11-5-2-6-12-19;;;;;/h1-16H,17H2;4*1H;/q;;;;;+4/p-4. The van der Waals surface area contributed by atoms with Crippen molar-refractivity contribution in [1.82, 2.24) is 0 Å². The normalized spacial score (nSPS) is 11.4. The molecule has 0 aliphatic heterocycles. The zero-order valence-electron chi connectivity index (χ0n) is 14.9. The Hall–Kier alpha value is -1.13. The SMILES string of the molecule is C(=NCc1ccccc1N=Cc1ccccc1)c1ccccc1.[Cl][Ti]([Cl])([Cl])[Cl]. The van der Waals surface area contributed by atoms with Crippen LogP contribution >= 0.6 is 37.2 Å². The molecule has 3 rings (SSSR count). The third kappa shape index (κ3) is 10.4. The Balaban J connectivity index is 0.000000500. The van der Waals surface area contributed by atoms with Crippen molar-refractivity contribution >= 4 is 55.3 Å². The summed E-state index contributed by atoms with van der Waals surface area (Å²) in [6.07, 6.45) is 3.79. The van der Waals surface area contributed by atoms with E-state index in [9.17, 15) is 0 Å². The van der Waals surface area contributed by atoms with E-state index in [0.717, 1.165) is 22.4 Å². The molecular weight excluding hydrogens is 470 g/mol. The van der Waals surface area contributed by atoms with Gasteiger partial charge in [-0.1, -0.05) is 78.9 Å². The summed E-state index contributed by atoms with van der Waals surface area (Å²) in [5.41, 5.74) is 4.28. The Morgan fingerprint density at radius 1 is 0.643 bits per heavy atom. The third-order valence-corrected chi connectivity index (χ3v) is 3.45. The number of rotatable bonds is 5. The van der Waals surface area contributed by atoms with E-state index in [1.807, 2.05) is 91.3 Å². The van der Waals surface area contributed by atoms with Crippen LogP contribution in [0.25, 0.3) is 0 Å². The Bertz CT molecular complexity index is 889. The van der Waals surface area contributed by atoms with E-state index >= 15 is 0 Å². The fourth-order valence-electron chi connectivity index (χ4n) is 2.24. The molecule has 0 N–H and O–H groups in total. The van der Waals surface area contributed by atoms with Crippen molar-refractivity contribution in [1.29, 1.82) is 0 Å². The van der Waals surface area contributed by atoms with E-state index in [2.05, 4.69) is 16.1 Å². The first-order chi connectivity index (χ1) is 13.4. The first kappa shape index (κ1) is 23.2. The number of hydrogen-bond acceptors (Lipinski definition) is 2. The van der Waals surface area contributed by atoms with Crippen LogP contribution < -0.4 is 0 Å². The Labute approximate surface area is 184 Å². The van der Waals surface area contributed by atoms with Gasteiger partial charge in [0.05, 0.1) is 12.2 Å². The van der Waals surface area contributed by atoms with Gasteiger partial charge in [0.25, 0.3) is 0 Å². The summed E-state index contributed by atoms with van der Waals surface area (Å²) in [4.78, 5) is 9.13. The van der Waals surface area contributed by atoms with Gasteiger partial charge in [0.2, 0.25) is 0 Å². The van der Waals surface area contributed by atoms with Gasteiger partial charge in [-0.2, -0.15) is 0 Å². The van der Waals surface area contributed by atoms with Crippen molar-refractivity contribution in [2.24, 2.45) is 9.98 Å². The molecule has 0 amide bonds. The molecule has 144 valence electrons. The number of nitrogens with zero attached hydrogens (tertiary/aromatic N) is 2. The number of halogens is 4. The van der Waals surface area contributed by atoms with Gasteiger partial charge in [-0.3, -0.25) is 9.98 Å². The Morgan fingerprint density at radius 2 is 1.11 bits per heavy atom. The van der Waals surface area contributed by atoms with Crippen LogP contribution in [0.2, 0.25) is 0 Å². The topological polar surface area (TPSA) is 24.7 Å². The van der Waals surface area contributed by atoms with Crippen LogP contribution in [0, 0.1) is 0 Å². The molecule has 0 unspecified atom stereocenters. The summed E-state index contributed by atoms with van der Waals surface area (Å²) in [6.45, 7) is 0.622. The van der Waals surface area contributed by atoms with Crippen molar-refractivity contribution in [3.05, 3.63) is 102 Å². The predicted molar refractivity (Wildman–Crippen MR) is 121 cm³/mol. The molecule has 0 heterocycles. The molecule has 0 saturated heterocycles. The van der Waals surface area contributed by atoms with Crippen LogP contribution in [0.1, 0.15) is 16.7 Å². The monoisotopic (exact) mass is 486 g/mol. The van der Waals surface area contributed by atoms with Gasteiger partial charge in [0, 0.05) is 12.4 Å². The molecule has 3 aromatic carbocycles. The van der Waals surface area contributed by atoms with Crippen molar-refractivity contribution in [3.8, 4) is 0 Å². The van der Waals surface area contributed by atoms with Crippen LogP contribution in [0.4, 0.5) is 5.69 Å². The average Bonchev–Trinajstić information content (AvgIpc) is 2.68. The van der Waals surface area contributed by atoms with E-state index in [-0.39, 0.29) is 0 Å². The van der Waals surface area contributed by atoms with Crippen molar-refractivity contribution in [2.75, 3.05) is 0 Å². The zero-order valence-corrected chi connectivity index (χ0v) is 19.4. The first-order valence-corrected chi connectivity index (χ1v) is 17.0. The molecule has 0 fully saturated rings. The first-order valence-electron chi connectivity index (χ1n) is 8.39. The van der Waals surface area contributed by atoms with Gasteiger partial charge < -0.3 is 0 Å². The summed E-state index contributed by atoms with van der Waals surface area (Å²) >= 11 is -3.11. The summed E-state index contributed by atoms with van der Waals surface area (Å²) in [6, 6.07) is 28.3. The molecule has 0 aliphatic carbocycles. The second kappa shape index (κ2) is 12.4. The van der Waals surface area contributed by atoms with Crippen LogP contribution in [0.5, 0.6) is 0 Å². The van der Waals surface area contributed by atoms with Crippen LogP contribution in [0.3, 0.4) is 0 Å². The van der Waals surface area contributed by atoms with Crippen LogP contribution in [0.15, 0.2) is 94.9 Å². The van der Waals surface area contributed by atoms with Gasteiger partial charge in [-0.25, -0.2) is 0 Å². The Kier molecular flexibility index (Phi) is 10.3. The van der Waals surface area contributed by atoms with E-state index in [1.165, 1.54) is 0 Å². The molecular formula is C21H18Cl4N2Ti. The van der Waals surface area contributed by atoms with Crippen LogP contribution in [-0.2, 0) is 18.9 Å². The summed E-state index contributed by atoms with van der Waals surface area (Å²) in [5, 5.41) is 0. The number of aliphatic imine (C=N–C) groups is 2. The third-order valence-electron chi connectivity index (χ3n) is 3.45. The van der Waals surface area contributed by atoms with Gasteiger partial charge in [-0.05, 0) is 22.8 Å². The fraction of sp³-hybridized carbons (Fsp3) is 0.0476. The molecule has 0 saturated carbocycles. The molecule has 0 aromatic heterocycles. The molecule has 28 heavy (non-hydrogen) atoms. The van der Waals surface area contributed by atoms with Gasteiger partial charge in [-0.15, -0.1) is 0 Å². The fourth-order valence-corrected chi connectivity index (χ4v) is 2.24. The average molecular weight is 488 g/mol. The molecule has 0 bridgehead atoms. The summed E-state index contributed by atoms with van der Waals surface area (Å²) in [7, 11) is 20.1. The number of hydrogen-bond donors (Lipinski definition) is 0. The molecule has 0 aliphatic rings. The quantitative estimate of drug-likeness (QED) is 0.259. The van der Waals surface area contributed by atoms with Crippen LogP contribution in [-0.4, -0.2) is 12.4 Å². The zero-order chi connectivity index (χ0) is 20.2. The maximum absolute atomic E-state index is 5.01. The molecule has 7 heteroatoms. The maximum atomic E-state index is 5.01. The number of benzene rings is 3. The molecule has 0 atom stereocenters. The predicted octanol–water partition coefficient (Wildman–Crippen LogP) is 7.81. The molecule has 3 aromatic rings. The molecule has 2 nitrogen and oxygen atoms in total. The molecule has 0 radical (unpaired) electrons. The summed E-state index contributed by atoms with van der Waals surface area (Å²) < 4.78 is 0. The minimum absolute atomic E-state index is 0.622. The van der Waals surface area contributed by atoms with Gasteiger partial charge >= 0.3 is 49.6 Å². The van der Waals surface area contributed by atoms with E-state index in [0.29, 0.717) is 6.54 Å². The van der Waals surface area contributed by atoms with E-state index < -0.39 is 12.3 Å². The minimum atomic E-state index is -3.11. The van der Waals surface area contributed by atoms with Gasteiger partial charge in [0.15, 0.2) is 0 Å². The van der Waals surface area contributed by atoms with Crippen molar-refractivity contribution in [2.45, 2.75) is 6.54 Å². The van der Waals surface area contributed by atoms with Gasteiger partial charge in [0.1, 0.15) is 0 Å². The van der Waals surface area contributed by atoms with Crippen molar-refractivity contribution in [3.63, 3.8) is 0 Å². The molecule has 0 spiro atoms. The van der Waals surface area contributed by atoms with E-state index in [4.69, 9.17) is 37.2 Å². The second-order valence-corrected chi connectivity index (χ2v) is 21.1. The second-order valence-electron chi connectivity index (χ2n) is 5.61. The number of para-hydroxylation sites is 1. The van der Waals surface area contributed by atoms with E-state index in [1.54, 1.807) is 0 Å². The summed E-state index contributed by atoms with van der Waals surface area (Å²) in [5.74, 6) is 0.